The van der Waals surface area contributed by atoms with Gasteiger partial charge in [-0.2, -0.15) is 0 Å². The van der Waals surface area contributed by atoms with Crippen molar-refractivity contribution in [2.45, 2.75) is 52.1 Å². The monoisotopic (exact) mass is 252 g/mol. The molecular formula is C14H20O4. The number of hydrogen-bond donors (Lipinski definition) is 1. The van der Waals surface area contributed by atoms with E-state index in [1.807, 2.05) is 0 Å². The van der Waals surface area contributed by atoms with E-state index in [4.69, 9.17) is 4.74 Å². The van der Waals surface area contributed by atoms with Gasteiger partial charge in [0, 0.05) is 11.8 Å². The van der Waals surface area contributed by atoms with Gasteiger partial charge >= 0.3 is 5.97 Å². The lowest BCUT2D eigenvalue weighted by atomic mass is 9.38. The van der Waals surface area contributed by atoms with Gasteiger partial charge < -0.3 is 9.84 Å². The molecule has 3 saturated carbocycles. The molecule has 3 aliphatic rings. The highest BCUT2D eigenvalue weighted by molar-refractivity contribution is 6.08. The maximum Gasteiger partial charge on any atom is 0.320 e. The summed E-state index contributed by atoms with van der Waals surface area (Å²) in [5.41, 5.74) is -1.64. The third kappa shape index (κ3) is 0.954. The van der Waals surface area contributed by atoms with Crippen LogP contribution in [0.1, 0.15) is 46.0 Å². The molecule has 100 valence electrons. The predicted molar refractivity (Wildman–Crippen MR) is 63.7 cm³/mol. The minimum Gasteiger partial charge on any atom is -0.465 e. The molecule has 0 aromatic carbocycles. The van der Waals surface area contributed by atoms with E-state index in [-0.39, 0.29) is 17.8 Å². The minimum atomic E-state index is -1.03. The van der Waals surface area contributed by atoms with Crippen molar-refractivity contribution in [3.05, 3.63) is 0 Å². The normalized spacial score (nSPS) is 49.5. The molecule has 0 aromatic rings. The van der Waals surface area contributed by atoms with Gasteiger partial charge in [-0.15, -0.1) is 0 Å². The molecule has 1 spiro atoms. The van der Waals surface area contributed by atoms with Gasteiger partial charge in [0.2, 0.25) is 0 Å². The van der Waals surface area contributed by atoms with Crippen molar-refractivity contribution in [2.24, 2.45) is 16.2 Å². The van der Waals surface area contributed by atoms with E-state index < -0.39 is 22.9 Å². The molecule has 1 N–H and O–H groups in total. The molecule has 0 heterocycles. The Morgan fingerprint density at radius 2 is 2.22 bits per heavy atom. The van der Waals surface area contributed by atoms with Crippen molar-refractivity contribution in [3.8, 4) is 0 Å². The number of carbonyl (C=O) groups is 2. The van der Waals surface area contributed by atoms with E-state index in [1.54, 1.807) is 6.92 Å². The quantitative estimate of drug-likeness (QED) is 0.597. The van der Waals surface area contributed by atoms with Gasteiger partial charge in [0.25, 0.3) is 0 Å². The first kappa shape index (κ1) is 12.2. The zero-order valence-corrected chi connectivity index (χ0v) is 11.0. The largest absolute Gasteiger partial charge is 0.465 e. The smallest absolute Gasteiger partial charge is 0.320 e. The van der Waals surface area contributed by atoms with E-state index >= 15 is 0 Å². The second kappa shape index (κ2) is 3.35. The van der Waals surface area contributed by atoms with Crippen LogP contribution < -0.4 is 0 Å². The van der Waals surface area contributed by atoms with Crippen LogP contribution >= 0.6 is 0 Å². The number of Topliss-reactive ketones (excluding diaryl/α,β-unsaturated/α-hetero) is 1. The number of aliphatic hydroxyl groups excluding tert-OH is 1. The first-order valence-corrected chi connectivity index (χ1v) is 6.83. The Bertz CT molecular complexity index is 432. The predicted octanol–water partition coefficient (Wildman–Crippen LogP) is 1.45. The van der Waals surface area contributed by atoms with Crippen molar-refractivity contribution >= 4 is 11.8 Å². The Hall–Kier alpha value is -0.900. The summed E-state index contributed by atoms with van der Waals surface area (Å²) >= 11 is 0. The first-order valence-electron chi connectivity index (χ1n) is 6.83. The lowest BCUT2D eigenvalue weighted by Gasteiger charge is -2.63. The maximum atomic E-state index is 12.3. The molecule has 4 nitrogen and oxygen atoms in total. The number of carbonyl (C=O) groups excluding carboxylic acids is 2. The van der Waals surface area contributed by atoms with Crippen LogP contribution in [0.4, 0.5) is 0 Å². The van der Waals surface area contributed by atoms with E-state index in [2.05, 4.69) is 6.92 Å². The van der Waals surface area contributed by atoms with Crippen molar-refractivity contribution in [1.82, 2.24) is 0 Å². The number of esters is 1. The molecule has 4 heteroatoms. The standard InChI is InChI=1S/C14H20O4/c1-3-18-11(17)13-8-12(2)6-4-10(16)14(12,13)7-5-9(13)15/h10,16H,3-8H2,1-2H3/t10-,12+,13-,14+/m1/s1. The summed E-state index contributed by atoms with van der Waals surface area (Å²) in [4.78, 5) is 24.6. The van der Waals surface area contributed by atoms with Crippen LogP contribution in [0.5, 0.6) is 0 Å². The van der Waals surface area contributed by atoms with Crippen LogP contribution in [-0.2, 0) is 14.3 Å². The van der Waals surface area contributed by atoms with Crippen molar-refractivity contribution in [2.75, 3.05) is 6.61 Å². The van der Waals surface area contributed by atoms with E-state index in [0.717, 1.165) is 6.42 Å². The number of rotatable bonds is 2. The first-order chi connectivity index (χ1) is 8.44. The maximum absolute atomic E-state index is 12.3. The van der Waals surface area contributed by atoms with Crippen LogP contribution in [0.25, 0.3) is 0 Å². The van der Waals surface area contributed by atoms with Crippen molar-refractivity contribution in [3.63, 3.8) is 0 Å². The third-order valence-corrected chi connectivity index (χ3v) is 5.88. The highest BCUT2D eigenvalue weighted by Gasteiger charge is 2.84. The molecule has 0 amide bonds. The number of ketones is 1. The number of aliphatic hydroxyl groups is 1. The Morgan fingerprint density at radius 3 is 2.83 bits per heavy atom. The van der Waals surface area contributed by atoms with Crippen molar-refractivity contribution < 1.29 is 19.4 Å². The molecule has 18 heavy (non-hydrogen) atoms. The third-order valence-electron chi connectivity index (χ3n) is 5.88. The minimum absolute atomic E-state index is 0.0145. The fraction of sp³-hybridized carbons (Fsp3) is 0.857. The molecule has 3 rings (SSSR count). The lowest BCUT2D eigenvalue weighted by molar-refractivity contribution is -0.223. The Kier molecular flexibility index (Phi) is 2.26. The summed E-state index contributed by atoms with van der Waals surface area (Å²) in [6.45, 7) is 4.15. The molecule has 0 saturated heterocycles. The van der Waals surface area contributed by atoms with Crippen LogP contribution in [0, 0.1) is 16.2 Å². The molecule has 4 atom stereocenters. The Morgan fingerprint density at radius 1 is 1.50 bits per heavy atom. The van der Waals surface area contributed by atoms with Gasteiger partial charge in [-0.3, -0.25) is 9.59 Å². The van der Waals surface area contributed by atoms with Crippen molar-refractivity contribution in [1.29, 1.82) is 0 Å². The Balaban J connectivity index is 2.08. The van der Waals surface area contributed by atoms with Gasteiger partial charge in [0.05, 0.1) is 12.7 Å². The average molecular weight is 252 g/mol. The summed E-state index contributed by atoms with van der Waals surface area (Å²) in [6.07, 6.45) is 2.68. The summed E-state index contributed by atoms with van der Waals surface area (Å²) in [6, 6.07) is 0. The second-order valence-corrected chi connectivity index (χ2v) is 6.31. The molecule has 0 aromatic heterocycles. The summed E-state index contributed by atoms with van der Waals surface area (Å²) in [5.74, 6) is -0.412. The van der Waals surface area contributed by atoms with Gasteiger partial charge in [-0.1, -0.05) is 6.92 Å². The lowest BCUT2D eigenvalue weighted by Crippen LogP contribution is -2.68. The van der Waals surface area contributed by atoms with Crippen LogP contribution in [0.15, 0.2) is 0 Å². The van der Waals surface area contributed by atoms with E-state index in [1.165, 1.54) is 0 Å². The molecule has 3 aliphatic carbocycles. The van der Waals surface area contributed by atoms with E-state index in [0.29, 0.717) is 25.7 Å². The number of ether oxygens (including phenoxy) is 1. The highest BCUT2D eigenvalue weighted by atomic mass is 16.5. The molecule has 0 aliphatic heterocycles. The van der Waals surface area contributed by atoms with Gasteiger partial charge in [-0.25, -0.2) is 0 Å². The molecular weight excluding hydrogens is 232 g/mol. The van der Waals surface area contributed by atoms with E-state index in [9.17, 15) is 14.7 Å². The molecule has 3 fully saturated rings. The van der Waals surface area contributed by atoms with Gasteiger partial charge in [0.15, 0.2) is 5.78 Å². The summed E-state index contributed by atoms with van der Waals surface area (Å²) < 4.78 is 5.15. The van der Waals surface area contributed by atoms with Gasteiger partial charge in [-0.05, 0) is 38.0 Å². The van der Waals surface area contributed by atoms with Crippen LogP contribution in [0.2, 0.25) is 0 Å². The summed E-state index contributed by atoms with van der Waals surface area (Å²) in [7, 11) is 0. The van der Waals surface area contributed by atoms with Crippen LogP contribution in [0.3, 0.4) is 0 Å². The molecule has 0 unspecified atom stereocenters. The van der Waals surface area contributed by atoms with Crippen LogP contribution in [-0.4, -0.2) is 29.6 Å². The number of hydrogen-bond acceptors (Lipinski definition) is 4. The SMILES string of the molecule is CCOC(=O)[C@]12C[C@]3(C)CC[C@@H](O)[C@@]31CCC2=O. The average Bonchev–Trinajstić information content (AvgIpc) is 2.67. The zero-order valence-electron chi connectivity index (χ0n) is 11.0. The fourth-order valence-electron chi connectivity index (χ4n) is 5.18. The molecule has 0 bridgehead atoms. The zero-order chi connectivity index (χ0) is 13.2. The second-order valence-electron chi connectivity index (χ2n) is 6.31. The Labute approximate surface area is 107 Å². The van der Waals surface area contributed by atoms with Gasteiger partial charge in [0.1, 0.15) is 5.41 Å². The highest BCUT2D eigenvalue weighted by Crippen LogP contribution is 2.80. The fourth-order valence-corrected chi connectivity index (χ4v) is 5.18. The topological polar surface area (TPSA) is 63.6 Å². The summed E-state index contributed by atoms with van der Waals surface area (Å²) in [5, 5.41) is 10.4. The molecule has 0 radical (unpaired) electrons.